The molecular formula is C20H32N4O4S. The number of carbonyl (C=O) groups excluding carboxylic acids is 2. The number of sulfonamides is 1. The van der Waals surface area contributed by atoms with Crippen molar-refractivity contribution in [1.29, 1.82) is 0 Å². The van der Waals surface area contributed by atoms with Crippen LogP contribution >= 0.6 is 0 Å². The van der Waals surface area contributed by atoms with Gasteiger partial charge in [0.2, 0.25) is 15.9 Å². The first-order valence-corrected chi connectivity index (χ1v) is 11.6. The van der Waals surface area contributed by atoms with Gasteiger partial charge in [0.15, 0.2) is 0 Å². The molecule has 0 unspecified atom stereocenters. The van der Waals surface area contributed by atoms with E-state index in [-0.39, 0.29) is 5.91 Å². The van der Waals surface area contributed by atoms with Crippen LogP contribution in [0.15, 0.2) is 29.2 Å². The zero-order valence-electron chi connectivity index (χ0n) is 17.3. The molecule has 0 aliphatic carbocycles. The van der Waals surface area contributed by atoms with Crippen LogP contribution in [0.5, 0.6) is 0 Å². The highest BCUT2D eigenvalue weighted by Crippen LogP contribution is 2.21. The first-order chi connectivity index (χ1) is 13.7. The van der Waals surface area contributed by atoms with E-state index in [0.717, 1.165) is 24.8 Å². The van der Waals surface area contributed by atoms with Gasteiger partial charge in [-0.25, -0.2) is 13.2 Å². The second kappa shape index (κ2) is 10.6. The summed E-state index contributed by atoms with van der Waals surface area (Å²) in [6.07, 6.45) is 2.77. The fourth-order valence-electron chi connectivity index (χ4n) is 3.30. The van der Waals surface area contributed by atoms with Gasteiger partial charge < -0.3 is 16.0 Å². The number of hydrogen-bond donors (Lipinski definition) is 2. The number of primary amides is 1. The van der Waals surface area contributed by atoms with E-state index in [2.05, 4.69) is 19.2 Å². The molecule has 1 aromatic rings. The van der Waals surface area contributed by atoms with Gasteiger partial charge in [0.25, 0.3) is 0 Å². The molecule has 0 spiro atoms. The minimum Gasteiger partial charge on any atom is -0.352 e. The molecule has 1 fully saturated rings. The number of piperazine rings is 1. The van der Waals surface area contributed by atoms with Crippen LogP contribution in [0.2, 0.25) is 0 Å². The molecule has 2 rings (SSSR count). The largest absolute Gasteiger partial charge is 0.352 e. The molecule has 1 saturated heterocycles. The van der Waals surface area contributed by atoms with Crippen molar-refractivity contribution in [2.45, 2.75) is 50.3 Å². The summed E-state index contributed by atoms with van der Waals surface area (Å²) >= 11 is 0. The highest BCUT2D eigenvalue weighted by molar-refractivity contribution is 7.89. The third-order valence-corrected chi connectivity index (χ3v) is 7.06. The smallest absolute Gasteiger partial charge is 0.312 e. The van der Waals surface area contributed by atoms with Gasteiger partial charge in [0.1, 0.15) is 0 Å². The molecule has 9 heteroatoms. The van der Waals surface area contributed by atoms with E-state index in [9.17, 15) is 18.0 Å². The maximum absolute atomic E-state index is 12.8. The van der Waals surface area contributed by atoms with Crippen LogP contribution in [0.3, 0.4) is 0 Å². The van der Waals surface area contributed by atoms with E-state index in [0.29, 0.717) is 50.0 Å². The van der Waals surface area contributed by atoms with Crippen LogP contribution < -0.4 is 11.1 Å². The summed E-state index contributed by atoms with van der Waals surface area (Å²) in [7, 11) is -3.54. The molecule has 0 atom stereocenters. The Bertz CT molecular complexity index is 785. The van der Waals surface area contributed by atoms with E-state index >= 15 is 0 Å². The summed E-state index contributed by atoms with van der Waals surface area (Å²) in [5.74, 6) is 0.395. The lowest BCUT2D eigenvalue weighted by Crippen LogP contribution is -2.50. The second-order valence-electron chi connectivity index (χ2n) is 7.61. The number of nitrogens with one attached hydrogen (secondary N) is 1. The minimum absolute atomic E-state index is 0.0474. The summed E-state index contributed by atoms with van der Waals surface area (Å²) in [5.41, 5.74) is 6.09. The number of nitrogens with two attached hydrogens (primary N) is 1. The number of hydrogen-bond acceptors (Lipinski definition) is 4. The molecule has 29 heavy (non-hydrogen) atoms. The van der Waals surface area contributed by atoms with Crippen LogP contribution in [0.25, 0.3) is 0 Å². The number of benzene rings is 1. The van der Waals surface area contributed by atoms with Crippen molar-refractivity contribution in [2.75, 3.05) is 32.7 Å². The Hall–Kier alpha value is -2.13. The molecule has 1 aliphatic heterocycles. The summed E-state index contributed by atoms with van der Waals surface area (Å²) < 4.78 is 27.2. The molecule has 1 aromatic carbocycles. The Morgan fingerprint density at radius 3 is 2.21 bits per heavy atom. The lowest BCUT2D eigenvalue weighted by Gasteiger charge is -2.34. The third kappa shape index (κ3) is 6.71. The van der Waals surface area contributed by atoms with E-state index in [1.54, 1.807) is 17.0 Å². The second-order valence-corrected chi connectivity index (χ2v) is 9.55. The number of unbranched alkanes of at least 4 members (excludes halogenated alkanes) is 2. The number of urea groups is 1. The van der Waals surface area contributed by atoms with Crippen molar-refractivity contribution in [1.82, 2.24) is 14.5 Å². The molecule has 3 N–H and O–H groups in total. The maximum Gasteiger partial charge on any atom is 0.312 e. The summed E-state index contributed by atoms with van der Waals surface area (Å²) in [5, 5.41) is 2.52. The predicted molar refractivity (Wildman–Crippen MR) is 112 cm³/mol. The van der Waals surface area contributed by atoms with Crippen molar-refractivity contribution in [3.63, 3.8) is 0 Å². The Kier molecular flexibility index (Phi) is 8.45. The molecule has 0 saturated carbocycles. The highest BCUT2D eigenvalue weighted by atomic mass is 32.2. The van der Waals surface area contributed by atoms with Crippen LogP contribution in [0, 0.1) is 0 Å². The molecule has 0 bridgehead atoms. The van der Waals surface area contributed by atoms with E-state index in [4.69, 9.17) is 5.73 Å². The standard InChI is InChI=1S/C20H32N4O4S/c1-16(2)17-7-9-18(10-8-17)29(27,28)24-14-12-23(13-15-24)19(25)6-4-3-5-11-22-20(21)26/h7-10,16H,3-6,11-15H2,1-2H3,(H3,21,22,26). The van der Waals surface area contributed by atoms with Gasteiger partial charge in [0, 0.05) is 39.1 Å². The topological polar surface area (TPSA) is 113 Å². The summed E-state index contributed by atoms with van der Waals surface area (Å²) in [4.78, 5) is 24.9. The van der Waals surface area contributed by atoms with Crippen LogP contribution in [-0.2, 0) is 14.8 Å². The highest BCUT2D eigenvalue weighted by Gasteiger charge is 2.29. The van der Waals surface area contributed by atoms with Gasteiger partial charge in [-0.3, -0.25) is 4.79 Å². The molecular weight excluding hydrogens is 392 g/mol. The lowest BCUT2D eigenvalue weighted by atomic mass is 10.0. The van der Waals surface area contributed by atoms with Gasteiger partial charge in [-0.2, -0.15) is 4.31 Å². The van der Waals surface area contributed by atoms with Gasteiger partial charge in [-0.1, -0.05) is 32.4 Å². The third-order valence-electron chi connectivity index (χ3n) is 5.14. The average molecular weight is 425 g/mol. The van der Waals surface area contributed by atoms with E-state index in [1.165, 1.54) is 4.31 Å². The Morgan fingerprint density at radius 2 is 1.66 bits per heavy atom. The SMILES string of the molecule is CC(C)c1ccc(S(=O)(=O)N2CCN(C(=O)CCCCCNC(N)=O)CC2)cc1. The molecule has 1 heterocycles. The van der Waals surface area contributed by atoms with Gasteiger partial charge in [0.05, 0.1) is 4.90 Å². The lowest BCUT2D eigenvalue weighted by molar-refractivity contribution is -0.132. The van der Waals surface area contributed by atoms with Crippen molar-refractivity contribution in [2.24, 2.45) is 5.73 Å². The molecule has 0 aromatic heterocycles. The maximum atomic E-state index is 12.8. The first kappa shape index (κ1) is 23.2. The number of rotatable bonds is 9. The zero-order valence-corrected chi connectivity index (χ0v) is 18.1. The monoisotopic (exact) mass is 424 g/mol. The number of carbonyl (C=O) groups is 2. The normalized spacial score (nSPS) is 15.5. The van der Waals surface area contributed by atoms with Crippen LogP contribution in [0.4, 0.5) is 4.79 Å². The summed E-state index contributed by atoms with van der Waals surface area (Å²) in [6, 6.07) is 6.50. The molecule has 0 radical (unpaired) electrons. The number of amides is 3. The molecule has 162 valence electrons. The molecule has 1 aliphatic rings. The van der Waals surface area contributed by atoms with Gasteiger partial charge in [-0.05, 0) is 36.5 Å². The quantitative estimate of drug-likeness (QED) is 0.589. The minimum atomic E-state index is -3.54. The first-order valence-electron chi connectivity index (χ1n) is 10.1. The van der Waals surface area contributed by atoms with Crippen molar-refractivity contribution >= 4 is 22.0 Å². The van der Waals surface area contributed by atoms with E-state index in [1.807, 2.05) is 12.1 Å². The Labute approximate surface area is 173 Å². The van der Waals surface area contributed by atoms with Crippen LogP contribution in [0.1, 0.15) is 51.0 Å². The summed E-state index contributed by atoms with van der Waals surface area (Å²) in [6.45, 7) is 6.08. The molecule has 3 amide bonds. The van der Waals surface area contributed by atoms with Crippen molar-refractivity contribution < 1.29 is 18.0 Å². The van der Waals surface area contributed by atoms with Gasteiger partial charge >= 0.3 is 6.03 Å². The average Bonchev–Trinajstić information content (AvgIpc) is 2.70. The molecule has 8 nitrogen and oxygen atoms in total. The van der Waals surface area contributed by atoms with E-state index < -0.39 is 16.1 Å². The van der Waals surface area contributed by atoms with Crippen LogP contribution in [-0.4, -0.2) is 62.3 Å². The fourth-order valence-corrected chi connectivity index (χ4v) is 4.72. The Balaban J connectivity index is 1.78. The van der Waals surface area contributed by atoms with Crippen molar-refractivity contribution in [3.8, 4) is 0 Å². The van der Waals surface area contributed by atoms with Gasteiger partial charge in [-0.15, -0.1) is 0 Å². The fraction of sp³-hybridized carbons (Fsp3) is 0.600. The van der Waals surface area contributed by atoms with Crippen molar-refractivity contribution in [3.05, 3.63) is 29.8 Å². The zero-order chi connectivity index (χ0) is 21.4. The Morgan fingerprint density at radius 1 is 1.03 bits per heavy atom. The number of nitrogens with zero attached hydrogens (tertiary/aromatic N) is 2. The predicted octanol–water partition coefficient (Wildman–Crippen LogP) is 1.87.